The summed E-state index contributed by atoms with van der Waals surface area (Å²) in [7, 11) is 0. The van der Waals surface area contributed by atoms with Gasteiger partial charge in [-0.2, -0.15) is 13.2 Å². The van der Waals surface area contributed by atoms with Gasteiger partial charge in [0.2, 0.25) is 0 Å². The number of halogens is 4. The standard InChI is InChI=1S/C25H18ClF3N2OS/c26-17-10-11-21-20(14-17)19-12-13-31(24(33)32-18-4-2-1-3-5-18)23(22(19)30-21)15-6-8-16(9-7-15)25(27,28)29/h1-11,14,23,30H,12-13H2. The summed E-state index contributed by atoms with van der Waals surface area (Å²) in [6.07, 6.45) is -3.72. The molecule has 0 bridgehead atoms. The molecule has 0 amide bonds. The lowest BCUT2D eigenvalue weighted by Gasteiger charge is -2.37. The molecule has 1 unspecified atom stereocenters. The molecule has 3 aromatic carbocycles. The van der Waals surface area contributed by atoms with E-state index in [9.17, 15) is 13.2 Å². The third kappa shape index (κ3) is 4.18. The van der Waals surface area contributed by atoms with Crippen molar-refractivity contribution in [3.05, 3.63) is 100 Å². The van der Waals surface area contributed by atoms with Crippen LogP contribution in [0.3, 0.4) is 0 Å². The number of para-hydroxylation sites is 1. The van der Waals surface area contributed by atoms with Crippen molar-refractivity contribution in [3.63, 3.8) is 0 Å². The maximum Gasteiger partial charge on any atom is 0.416 e. The van der Waals surface area contributed by atoms with E-state index in [1.807, 2.05) is 35.2 Å². The molecular formula is C25H18ClF3N2OS. The van der Waals surface area contributed by atoms with E-state index in [1.165, 1.54) is 12.1 Å². The Morgan fingerprint density at radius 3 is 2.45 bits per heavy atom. The highest BCUT2D eigenvalue weighted by atomic mass is 35.5. The zero-order valence-corrected chi connectivity index (χ0v) is 18.8. The largest absolute Gasteiger partial charge is 0.432 e. The van der Waals surface area contributed by atoms with Gasteiger partial charge in [-0.25, -0.2) is 0 Å². The number of benzene rings is 3. The van der Waals surface area contributed by atoms with Crippen LogP contribution in [-0.2, 0) is 12.6 Å². The van der Waals surface area contributed by atoms with Crippen LogP contribution >= 0.6 is 23.8 Å². The molecule has 2 heterocycles. The van der Waals surface area contributed by atoms with E-state index in [4.69, 9.17) is 28.6 Å². The van der Waals surface area contributed by atoms with Crippen molar-refractivity contribution in [1.82, 2.24) is 9.88 Å². The molecular weight excluding hydrogens is 469 g/mol. The van der Waals surface area contributed by atoms with Crippen LogP contribution in [0.1, 0.15) is 28.4 Å². The van der Waals surface area contributed by atoms with Crippen molar-refractivity contribution >= 4 is 39.9 Å². The van der Waals surface area contributed by atoms with Gasteiger partial charge < -0.3 is 14.6 Å². The highest BCUT2D eigenvalue weighted by molar-refractivity contribution is 7.80. The Bertz CT molecular complexity index is 1320. The fourth-order valence-corrected chi connectivity index (χ4v) is 4.77. The van der Waals surface area contributed by atoms with Gasteiger partial charge in [0.15, 0.2) is 0 Å². The molecule has 0 saturated carbocycles. The Hall–Kier alpha value is -3.03. The Balaban J connectivity index is 1.59. The summed E-state index contributed by atoms with van der Waals surface area (Å²) in [5.41, 5.74) is 2.85. The summed E-state index contributed by atoms with van der Waals surface area (Å²) >= 11 is 11.9. The second-order valence-corrected chi connectivity index (χ2v) is 8.64. The number of rotatable bonds is 2. The van der Waals surface area contributed by atoms with Gasteiger partial charge in [0.25, 0.3) is 5.17 Å². The molecule has 1 N–H and O–H groups in total. The van der Waals surface area contributed by atoms with Crippen LogP contribution in [0, 0.1) is 0 Å². The second kappa shape index (κ2) is 8.39. The molecule has 0 fully saturated rings. The number of H-pyrrole nitrogens is 1. The number of aromatic amines is 1. The van der Waals surface area contributed by atoms with E-state index in [-0.39, 0.29) is 5.17 Å². The molecule has 1 aliphatic rings. The Morgan fingerprint density at radius 1 is 1.03 bits per heavy atom. The van der Waals surface area contributed by atoms with Gasteiger partial charge in [-0.1, -0.05) is 41.9 Å². The topological polar surface area (TPSA) is 28.3 Å². The van der Waals surface area contributed by atoms with Crippen LogP contribution in [0.5, 0.6) is 5.75 Å². The van der Waals surface area contributed by atoms with Crippen LogP contribution in [0.4, 0.5) is 13.2 Å². The minimum Gasteiger partial charge on any atom is -0.432 e. The molecule has 33 heavy (non-hydrogen) atoms. The first-order valence-electron chi connectivity index (χ1n) is 10.3. The fraction of sp³-hybridized carbons (Fsp3) is 0.160. The first-order chi connectivity index (χ1) is 15.8. The van der Waals surface area contributed by atoms with Gasteiger partial charge >= 0.3 is 6.18 Å². The maximum absolute atomic E-state index is 13.2. The Kier molecular flexibility index (Phi) is 5.54. The third-order valence-corrected chi connectivity index (χ3v) is 6.38. The van der Waals surface area contributed by atoms with Crippen LogP contribution in [-0.4, -0.2) is 21.6 Å². The Morgan fingerprint density at radius 2 is 1.76 bits per heavy atom. The van der Waals surface area contributed by atoms with Crippen molar-refractivity contribution in [3.8, 4) is 5.75 Å². The molecule has 8 heteroatoms. The molecule has 5 rings (SSSR count). The van der Waals surface area contributed by atoms with E-state index in [0.29, 0.717) is 29.3 Å². The zero-order chi connectivity index (χ0) is 23.2. The summed E-state index contributed by atoms with van der Waals surface area (Å²) in [4.78, 5) is 5.35. The lowest BCUT2D eigenvalue weighted by molar-refractivity contribution is -0.137. The highest BCUT2D eigenvalue weighted by Gasteiger charge is 2.35. The van der Waals surface area contributed by atoms with Crippen molar-refractivity contribution in [2.75, 3.05) is 6.54 Å². The van der Waals surface area contributed by atoms with Crippen LogP contribution in [0.2, 0.25) is 5.02 Å². The molecule has 0 radical (unpaired) electrons. The van der Waals surface area contributed by atoms with Crippen molar-refractivity contribution in [1.29, 1.82) is 0 Å². The zero-order valence-electron chi connectivity index (χ0n) is 17.2. The average Bonchev–Trinajstić information content (AvgIpc) is 3.16. The van der Waals surface area contributed by atoms with Gasteiger partial charge in [0.05, 0.1) is 11.6 Å². The molecule has 1 aromatic heterocycles. The number of nitrogens with zero attached hydrogens (tertiary/aromatic N) is 1. The van der Waals surface area contributed by atoms with Crippen LogP contribution in [0.25, 0.3) is 10.9 Å². The maximum atomic E-state index is 13.2. The van der Waals surface area contributed by atoms with E-state index >= 15 is 0 Å². The quantitative estimate of drug-likeness (QED) is 0.305. The molecule has 0 spiro atoms. The number of aromatic nitrogens is 1. The first-order valence-corrected chi connectivity index (χ1v) is 11.1. The molecule has 0 saturated heterocycles. The van der Waals surface area contributed by atoms with E-state index in [1.54, 1.807) is 18.2 Å². The number of alkyl halides is 3. The van der Waals surface area contributed by atoms with Gasteiger partial charge in [0, 0.05) is 28.2 Å². The number of fused-ring (bicyclic) bond motifs is 3. The molecule has 168 valence electrons. The van der Waals surface area contributed by atoms with Crippen molar-refractivity contribution in [2.45, 2.75) is 18.6 Å². The predicted molar refractivity (Wildman–Crippen MR) is 127 cm³/mol. The van der Waals surface area contributed by atoms with Crippen molar-refractivity contribution in [2.24, 2.45) is 0 Å². The minimum atomic E-state index is -4.40. The lowest BCUT2D eigenvalue weighted by Crippen LogP contribution is -2.42. The molecule has 1 aliphatic heterocycles. The summed E-state index contributed by atoms with van der Waals surface area (Å²) in [6.45, 7) is 0.545. The lowest BCUT2D eigenvalue weighted by atomic mass is 9.92. The number of nitrogens with one attached hydrogen (secondary N) is 1. The fourth-order valence-electron chi connectivity index (χ4n) is 4.31. The number of hydrogen-bond acceptors (Lipinski definition) is 2. The van der Waals surface area contributed by atoms with E-state index in [2.05, 4.69) is 4.98 Å². The highest BCUT2D eigenvalue weighted by Crippen LogP contribution is 2.40. The average molecular weight is 487 g/mol. The summed E-state index contributed by atoms with van der Waals surface area (Å²) in [5.74, 6) is 0.600. The smallest absolute Gasteiger partial charge is 0.416 e. The van der Waals surface area contributed by atoms with Gasteiger partial charge in [-0.3, -0.25) is 0 Å². The number of thiocarbonyl (C=S) groups is 1. The number of ether oxygens (including phenoxy) is 1. The van der Waals surface area contributed by atoms with Gasteiger partial charge in [0.1, 0.15) is 5.75 Å². The second-order valence-electron chi connectivity index (χ2n) is 7.85. The van der Waals surface area contributed by atoms with E-state index < -0.39 is 17.8 Å². The number of hydrogen-bond donors (Lipinski definition) is 1. The van der Waals surface area contributed by atoms with Gasteiger partial charge in [-0.05, 0) is 72.2 Å². The summed E-state index contributed by atoms with van der Waals surface area (Å²) in [5, 5.41) is 1.89. The third-order valence-electron chi connectivity index (χ3n) is 5.83. The normalized spacial score (nSPS) is 16.0. The van der Waals surface area contributed by atoms with Crippen molar-refractivity contribution < 1.29 is 17.9 Å². The molecule has 3 nitrogen and oxygen atoms in total. The monoisotopic (exact) mass is 486 g/mol. The van der Waals surface area contributed by atoms with E-state index in [0.717, 1.165) is 34.3 Å². The molecule has 0 aliphatic carbocycles. The molecule has 4 aromatic rings. The molecule has 1 atom stereocenters. The Labute approximate surface area is 198 Å². The SMILES string of the molecule is FC(F)(F)c1ccc(C2c3[nH]c4ccc(Cl)cc4c3CCN2C(=S)Oc2ccccc2)cc1. The summed E-state index contributed by atoms with van der Waals surface area (Å²) < 4.78 is 45.4. The van der Waals surface area contributed by atoms with Gasteiger partial charge in [-0.15, -0.1) is 0 Å². The first kappa shape index (κ1) is 21.8. The minimum absolute atomic E-state index is 0.258. The summed E-state index contributed by atoms with van der Waals surface area (Å²) in [6, 6.07) is 19.6. The van der Waals surface area contributed by atoms with Crippen LogP contribution < -0.4 is 4.74 Å². The van der Waals surface area contributed by atoms with Crippen LogP contribution in [0.15, 0.2) is 72.8 Å². The predicted octanol–water partition coefficient (Wildman–Crippen LogP) is 7.15.